The molecule has 2 fully saturated rings. The molecule has 0 aromatic heterocycles. The summed E-state index contributed by atoms with van der Waals surface area (Å²) in [6.45, 7) is 7.98. The monoisotopic (exact) mass is 330 g/mol. The highest BCUT2D eigenvalue weighted by Crippen LogP contribution is 2.09. The number of amides is 2. The average molecular weight is 330 g/mol. The lowest BCUT2D eigenvalue weighted by atomic mass is 10.2. The largest absolute Gasteiger partial charge is 0.342 e. The highest BCUT2D eigenvalue weighted by molar-refractivity contribution is 5.78. The molecule has 0 saturated carbocycles. The Morgan fingerprint density at radius 2 is 1.50 bits per heavy atom. The van der Waals surface area contributed by atoms with Gasteiger partial charge in [0.25, 0.3) is 0 Å². The van der Waals surface area contributed by atoms with Crippen LogP contribution in [0.25, 0.3) is 0 Å². The second-order valence-corrected chi connectivity index (χ2v) is 6.56. The van der Waals surface area contributed by atoms with E-state index in [-0.39, 0.29) is 5.91 Å². The van der Waals surface area contributed by atoms with Crippen LogP contribution in [0.3, 0.4) is 0 Å². The first kappa shape index (κ1) is 16.9. The van der Waals surface area contributed by atoms with Gasteiger partial charge in [-0.2, -0.15) is 0 Å². The smallest absolute Gasteiger partial charge is 0.236 e. The molecule has 1 aromatic carbocycles. The Balaban J connectivity index is 1.39. The average Bonchev–Trinajstić information content (AvgIpc) is 2.64. The highest BCUT2D eigenvalue weighted by atomic mass is 16.2. The van der Waals surface area contributed by atoms with Crippen LogP contribution in [0, 0.1) is 0 Å². The second kappa shape index (κ2) is 8.26. The van der Waals surface area contributed by atoms with E-state index in [9.17, 15) is 9.59 Å². The van der Waals surface area contributed by atoms with Crippen LogP contribution in [0.1, 0.15) is 5.56 Å². The van der Waals surface area contributed by atoms with Gasteiger partial charge in [-0.15, -0.1) is 0 Å². The van der Waals surface area contributed by atoms with E-state index in [4.69, 9.17) is 0 Å². The number of nitrogens with zero attached hydrogens (tertiary/aromatic N) is 4. The summed E-state index contributed by atoms with van der Waals surface area (Å²) in [4.78, 5) is 31.4. The van der Waals surface area contributed by atoms with Crippen molar-refractivity contribution >= 4 is 12.3 Å². The van der Waals surface area contributed by atoms with Gasteiger partial charge in [0.2, 0.25) is 12.3 Å². The molecule has 0 radical (unpaired) electrons. The van der Waals surface area contributed by atoms with Crippen molar-refractivity contribution in [3.05, 3.63) is 35.9 Å². The number of carbonyl (C=O) groups is 2. The molecule has 2 aliphatic rings. The van der Waals surface area contributed by atoms with E-state index in [2.05, 4.69) is 34.1 Å². The van der Waals surface area contributed by atoms with Crippen LogP contribution >= 0.6 is 0 Å². The minimum atomic E-state index is 0.192. The maximum atomic E-state index is 12.4. The maximum absolute atomic E-state index is 12.4. The van der Waals surface area contributed by atoms with Gasteiger partial charge in [0.15, 0.2) is 0 Å². The fraction of sp³-hybridized carbons (Fsp3) is 0.556. The van der Waals surface area contributed by atoms with Crippen molar-refractivity contribution in [3.8, 4) is 0 Å². The van der Waals surface area contributed by atoms with Crippen LogP contribution in [0.5, 0.6) is 0 Å². The molecule has 2 amide bonds. The lowest BCUT2D eigenvalue weighted by Crippen LogP contribution is -2.53. The van der Waals surface area contributed by atoms with Crippen LogP contribution in [0.4, 0.5) is 0 Å². The van der Waals surface area contributed by atoms with E-state index in [1.165, 1.54) is 5.56 Å². The number of hydrogen-bond donors (Lipinski definition) is 0. The molecule has 3 rings (SSSR count). The first-order valence-electron chi connectivity index (χ1n) is 8.70. The fourth-order valence-electron chi connectivity index (χ4n) is 3.32. The molecule has 0 bridgehead atoms. The number of piperazine rings is 2. The van der Waals surface area contributed by atoms with Gasteiger partial charge < -0.3 is 9.80 Å². The van der Waals surface area contributed by atoms with Crippen molar-refractivity contribution in [1.82, 2.24) is 19.6 Å². The predicted molar refractivity (Wildman–Crippen MR) is 92.4 cm³/mol. The molecular formula is C18H26N4O2. The Morgan fingerprint density at radius 1 is 0.875 bits per heavy atom. The molecule has 0 spiro atoms. The molecule has 130 valence electrons. The lowest BCUT2D eigenvalue weighted by molar-refractivity contribution is -0.136. The Bertz CT molecular complexity index is 535. The topological polar surface area (TPSA) is 47.1 Å². The highest BCUT2D eigenvalue weighted by Gasteiger charge is 2.24. The Morgan fingerprint density at radius 3 is 2.12 bits per heavy atom. The zero-order chi connectivity index (χ0) is 16.8. The lowest BCUT2D eigenvalue weighted by Gasteiger charge is -2.37. The van der Waals surface area contributed by atoms with Crippen molar-refractivity contribution in [2.45, 2.75) is 6.54 Å². The van der Waals surface area contributed by atoms with Crippen LogP contribution in [0.15, 0.2) is 30.3 Å². The minimum Gasteiger partial charge on any atom is -0.342 e. The summed E-state index contributed by atoms with van der Waals surface area (Å²) in [7, 11) is 0. The Labute approximate surface area is 143 Å². The predicted octanol–water partition coefficient (Wildman–Crippen LogP) is 0.105. The molecule has 24 heavy (non-hydrogen) atoms. The van der Waals surface area contributed by atoms with Gasteiger partial charge in [-0.25, -0.2) is 0 Å². The normalized spacial score (nSPS) is 20.2. The summed E-state index contributed by atoms with van der Waals surface area (Å²) in [6, 6.07) is 10.5. The SMILES string of the molecule is O=CN1CCN(C(=O)CN2CCN(Cc3ccccc3)CC2)CC1. The van der Waals surface area contributed by atoms with Gasteiger partial charge in [0.05, 0.1) is 6.54 Å². The third kappa shape index (κ3) is 4.55. The molecule has 2 heterocycles. The van der Waals surface area contributed by atoms with Gasteiger partial charge in [-0.05, 0) is 5.56 Å². The van der Waals surface area contributed by atoms with E-state index in [0.29, 0.717) is 32.7 Å². The van der Waals surface area contributed by atoms with Crippen molar-refractivity contribution in [2.75, 3.05) is 58.9 Å². The summed E-state index contributed by atoms with van der Waals surface area (Å²) < 4.78 is 0. The molecule has 1 aromatic rings. The van der Waals surface area contributed by atoms with Crippen LogP contribution < -0.4 is 0 Å². The first-order chi connectivity index (χ1) is 11.7. The molecule has 2 saturated heterocycles. The standard InChI is InChI=1S/C18H26N4O2/c23-16-21-10-12-22(13-11-21)18(24)15-20-8-6-19(7-9-20)14-17-4-2-1-3-5-17/h1-5,16H,6-15H2. The van der Waals surface area contributed by atoms with Crippen molar-refractivity contribution in [1.29, 1.82) is 0 Å². The molecule has 6 heteroatoms. The van der Waals surface area contributed by atoms with E-state index < -0.39 is 0 Å². The summed E-state index contributed by atoms with van der Waals surface area (Å²) in [6.07, 6.45) is 0.869. The van der Waals surface area contributed by atoms with E-state index in [1.54, 1.807) is 4.90 Å². The van der Waals surface area contributed by atoms with Gasteiger partial charge in [0.1, 0.15) is 0 Å². The summed E-state index contributed by atoms with van der Waals surface area (Å²) in [5.74, 6) is 0.192. The molecule has 0 aliphatic carbocycles. The maximum Gasteiger partial charge on any atom is 0.236 e. The van der Waals surface area contributed by atoms with E-state index in [0.717, 1.165) is 39.1 Å². The molecular weight excluding hydrogens is 304 g/mol. The minimum absolute atomic E-state index is 0.192. The quantitative estimate of drug-likeness (QED) is 0.719. The van der Waals surface area contributed by atoms with Gasteiger partial charge in [-0.1, -0.05) is 30.3 Å². The van der Waals surface area contributed by atoms with Crippen LogP contribution in [-0.4, -0.2) is 90.8 Å². The molecule has 0 unspecified atom stereocenters. The van der Waals surface area contributed by atoms with E-state index in [1.807, 2.05) is 11.0 Å². The number of hydrogen-bond acceptors (Lipinski definition) is 4. The van der Waals surface area contributed by atoms with Crippen molar-refractivity contribution in [3.63, 3.8) is 0 Å². The summed E-state index contributed by atoms with van der Waals surface area (Å²) in [5.41, 5.74) is 1.34. The van der Waals surface area contributed by atoms with Gasteiger partial charge >= 0.3 is 0 Å². The van der Waals surface area contributed by atoms with Gasteiger partial charge in [-0.3, -0.25) is 19.4 Å². The first-order valence-corrected chi connectivity index (χ1v) is 8.70. The molecule has 2 aliphatic heterocycles. The molecule has 0 atom stereocenters. The second-order valence-electron chi connectivity index (χ2n) is 6.56. The van der Waals surface area contributed by atoms with E-state index >= 15 is 0 Å². The van der Waals surface area contributed by atoms with Crippen LogP contribution in [0.2, 0.25) is 0 Å². The Kier molecular flexibility index (Phi) is 5.82. The molecule has 0 N–H and O–H groups in total. The zero-order valence-electron chi connectivity index (χ0n) is 14.1. The zero-order valence-corrected chi connectivity index (χ0v) is 14.1. The number of rotatable bonds is 5. The fourth-order valence-corrected chi connectivity index (χ4v) is 3.32. The van der Waals surface area contributed by atoms with Crippen LogP contribution in [-0.2, 0) is 16.1 Å². The summed E-state index contributed by atoms with van der Waals surface area (Å²) in [5, 5.41) is 0. The number of benzene rings is 1. The summed E-state index contributed by atoms with van der Waals surface area (Å²) >= 11 is 0. The van der Waals surface area contributed by atoms with Crippen molar-refractivity contribution in [2.24, 2.45) is 0 Å². The number of carbonyl (C=O) groups excluding carboxylic acids is 2. The third-order valence-electron chi connectivity index (χ3n) is 4.89. The molecule has 6 nitrogen and oxygen atoms in total. The third-order valence-corrected chi connectivity index (χ3v) is 4.89. The van der Waals surface area contributed by atoms with Crippen molar-refractivity contribution < 1.29 is 9.59 Å². The van der Waals surface area contributed by atoms with Gasteiger partial charge in [0, 0.05) is 58.9 Å². The Hall–Kier alpha value is -1.92.